The fourth-order valence-corrected chi connectivity index (χ4v) is 3.04. The first-order valence-corrected chi connectivity index (χ1v) is 9.84. The monoisotopic (exact) mass is 387 g/mol. The maximum Gasteiger partial charge on any atom is 0.246 e. The highest BCUT2D eigenvalue weighted by atomic mass is 16.5. The summed E-state index contributed by atoms with van der Waals surface area (Å²) in [7, 11) is 1.87. The van der Waals surface area contributed by atoms with Gasteiger partial charge in [-0.05, 0) is 32.2 Å². The SMILES string of the molecule is CNN(CCCN)/C1=C(\N)C(OCC(=O)NCCOCCO)CCCCC1. The molecule has 0 aromatic carbocycles. The zero-order chi connectivity index (χ0) is 19.9. The third kappa shape index (κ3) is 9.39. The fraction of sp³-hybridized carbons (Fsp3) is 0.833. The zero-order valence-corrected chi connectivity index (χ0v) is 16.5. The number of ether oxygens (including phenoxy) is 2. The Morgan fingerprint density at radius 1 is 1.33 bits per heavy atom. The number of carbonyl (C=O) groups is 1. The van der Waals surface area contributed by atoms with E-state index in [2.05, 4.69) is 10.7 Å². The second kappa shape index (κ2) is 14.6. The quantitative estimate of drug-likeness (QED) is 0.209. The summed E-state index contributed by atoms with van der Waals surface area (Å²) in [6.07, 6.45) is 5.49. The highest BCUT2D eigenvalue weighted by Gasteiger charge is 2.22. The minimum atomic E-state index is -0.273. The Balaban J connectivity index is 2.60. The number of aliphatic hydroxyl groups is 1. The Kier molecular flexibility index (Phi) is 12.8. The second-order valence-electron chi connectivity index (χ2n) is 6.50. The van der Waals surface area contributed by atoms with E-state index in [1.807, 2.05) is 12.1 Å². The van der Waals surface area contributed by atoms with Gasteiger partial charge in [-0.1, -0.05) is 12.8 Å². The summed E-state index contributed by atoms with van der Waals surface area (Å²) >= 11 is 0. The van der Waals surface area contributed by atoms with Crippen molar-refractivity contribution >= 4 is 5.91 Å². The highest BCUT2D eigenvalue weighted by Crippen LogP contribution is 2.24. The zero-order valence-electron chi connectivity index (χ0n) is 16.5. The van der Waals surface area contributed by atoms with Crippen molar-refractivity contribution < 1.29 is 19.4 Å². The van der Waals surface area contributed by atoms with Crippen LogP contribution in [0.4, 0.5) is 0 Å². The lowest BCUT2D eigenvalue weighted by Gasteiger charge is -2.32. The largest absolute Gasteiger partial charge is 0.398 e. The molecule has 1 amide bonds. The van der Waals surface area contributed by atoms with Crippen LogP contribution in [-0.4, -0.2) is 75.2 Å². The van der Waals surface area contributed by atoms with Gasteiger partial charge >= 0.3 is 0 Å². The summed E-state index contributed by atoms with van der Waals surface area (Å²) in [6, 6.07) is 0. The van der Waals surface area contributed by atoms with Gasteiger partial charge < -0.3 is 36.4 Å². The van der Waals surface area contributed by atoms with Gasteiger partial charge in [0.25, 0.3) is 0 Å². The summed E-state index contributed by atoms with van der Waals surface area (Å²) in [6.45, 7) is 2.35. The molecule has 1 aliphatic rings. The molecule has 0 saturated carbocycles. The van der Waals surface area contributed by atoms with E-state index in [1.165, 1.54) is 0 Å². The molecule has 0 aromatic rings. The lowest BCUT2D eigenvalue weighted by Crippen LogP contribution is -2.40. The van der Waals surface area contributed by atoms with E-state index >= 15 is 0 Å². The Morgan fingerprint density at radius 3 is 2.85 bits per heavy atom. The van der Waals surface area contributed by atoms with Crippen LogP contribution in [0.1, 0.15) is 38.5 Å². The molecule has 0 bridgehead atoms. The van der Waals surface area contributed by atoms with Crippen molar-refractivity contribution in [3.63, 3.8) is 0 Å². The van der Waals surface area contributed by atoms with Crippen molar-refractivity contribution in [2.24, 2.45) is 11.5 Å². The van der Waals surface area contributed by atoms with E-state index < -0.39 is 0 Å². The lowest BCUT2D eigenvalue weighted by atomic mass is 9.99. The summed E-state index contributed by atoms with van der Waals surface area (Å²) in [5.41, 5.74) is 17.0. The number of nitrogens with one attached hydrogen (secondary N) is 2. The Labute approximate surface area is 162 Å². The molecular formula is C18H37N5O4. The number of nitrogens with two attached hydrogens (primary N) is 2. The van der Waals surface area contributed by atoms with Gasteiger partial charge in [-0.3, -0.25) is 4.79 Å². The van der Waals surface area contributed by atoms with Gasteiger partial charge in [0, 0.05) is 20.1 Å². The standard InChI is InChI=1S/C18H37N5O4/c1-21-23(10-5-8-19)15-6-3-2-4-7-16(18(15)20)27-14-17(25)22-9-12-26-13-11-24/h16,21,24H,2-14,19-20H2,1H3,(H,22,25)/b18-15-. The van der Waals surface area contributed by atoms with E-state index in [0.29, 0.717) is 25.4 Å². The number of carbonyl (C=O) groups excluding carboxylic acids is 1. The molecule has 0 aliphatic heterocycles. The topological polar surface area (TPSA) is 135 Å². The van der Waals surface area contributed by atoms with Gasteiger partial charge in [0.1, 0.15) is 6.61 Å². The number of allylic oxidation sites excluding steroid dienone is 1. The van der Waals surface area contributed by atoms with Crippen LogP contribution in [0, 0.1) is 0 Å². The van der Waals surface area contributed by atoms with E-state index in [0.717, 1.165) is 50.8 Å². The van der Waals surface area contributed by atoms with E-state index in [4.69, 9.17) is 26.0 Å². The molecule has 1 unspecified atom stereocenters. The highest BCUT2D eigenvalue weighted by molar-refractivity contribution is 5.77. The predicted molar refractivity (Wildman–Crippen MR) is 104 cm³/mol. The molecule has 9 nitrogen and oxygen atoms in total. The molecule has 158 valence electrons. The minimum Gasteiger partial charge on any atom is -0.398 e. The van der Waals surface area contributed by atoms with E-state index in [9.17, 15) is 4.79 Å². The molecule has 1 rings (SSSR count). The Hall–Kier alpha value is -1.39. The van der Waals surface area contributed by atoms with Crippen molar-refractivity contribution in [1.29, 1.82) is 0 Å². The maximum atomic E-state index is 12.0. The van der Waals surface area contributed by atoms with Crippen LogP contribution in [0.5, 0.6) is 0 Å². The third-order valence-corrected chi connectivity index (χ3v) is 4.46. The van der Waals surface area contributed by atoms with Gasteiger partial charge in [0.05, 0.1) is 37.3 Å². The van der Waals surface area contributed by atoms with Crippen LogP contribution in [0.3, 0.4) is 0 Å². The van der Waals surface area contributed by atoms with Crippen LogP contribution in [-0.2, 0) is 14.3 Å². The molecule has 0 radical (unpaired) electrons. The number of hydrazine groups is 1. The first-order valence-electron chi connectivity index (χ1n) is 9.84. The molecule has 0 fully saturated rings. The third-order valence-electron chi connectivity index (χ3n) is 4.46. The van der Waals surface area contributed by atoms with Crippen LogP contribution < -0.4 is 22.2 Å². The van der Waals surface area contributed by atoms with Gasteiger partial charge in [-0.2, -0.15) is 0 Å². The number of rotatable bonds is 13. The molecule has 27 heavy (non-hydrogen) atoms. The van der Waals surface area contributed by atoms with Crippen molar-refractivity contribution in [3.05, 3.63) is 11.4 Å². The number of hydrogen-bond donors (Lipinski definition) is 5. The van der Waals surface area contributed by atoms with Crippen molar-refractivity contribution in [1.82, 2.24) is 15.8 Å². The Morgan fingerprint density at radius 2 is 2.15 bits per heavy atom. The van der Waals surface area contributed by atoms with Crippen LogP contribution >= 0.6 is 0 Å². The molecule has 0 heterocycles. The summed E-state index contributed by atoms with van der Waals surface area (Å²) < 4.78 is 11.0. The molecule has 7 N–H and O–H groups in total. The van der Waals surface area contributed by atoms with Gasteiger partial charge in [0.15, 0.2) is 0 Å². The van der Waals surface area contributed by atoms with Crippen LogP contribution in [0.25, 0.3) is 0 Å². The average molecular weight is 388 g/mol. The predicted octanol–water partition coefficient (Wildman–Crippen LogP) is -0.584. The molecular weight excluding hydrogens is 350 g/mol. The fourth-order valence-electron chi connectivity index (χ4n) is 3.04. The van der Waals surface area contributed by atoms with Crippen molar-refractivity contribution in [3.8, 4) is 0 Å². The van der Waals surface area contributed by atoms with Gasteiger partial charge in [-0.15, -0.1) is 0 Å². The molecule has 1 aliphatic carbocycles. The number of nitrogens with zero attached hydrogens (tertiary/aromatic N) is 1. The Bertz CT molecular complexity index is 447. The molecule has 0 saturated heterocycles. The number of hydrogen-bond acceptors (Lipinski definition) is 8. The summed E-state index contributed by atoms with van der Waals surface area (Å²) in [5, 5.41) is 13.4. The first kappa shape index (κ1) is 23.6. The van der Waals surface area contributed by atoms with Crippen LogP contribution in [0.2, 0.25) is 0 Å². The maximum absolute atomic E-state index is 12.0. The first-order chi connectivity index (χ1) is 13.1. The van der Waals surface area contributed by atoms with E-state index in [1.54, 1.807) is 0 Å². The minimum absolute atomic E-state index is 0.0262. The number of amides is 1. The molecule has 9 heteroatoms. The molecule has 0 spiro atoms. The number of aliphatic hydroxyl groups excluding tert-OH is 1. The van der Waals surface area contributed by atoms with Gasteiger partial charge in [0.2, 0.25) is 5.91 Å². The normalized spacial score (nSPS) is 20.8. The van der Waals surface area contributed by atoms with Crippen molar-refractivity contribution in [2.45, 2.75) is 44.6 Å². The van der Waals surface area contributed by atoms with E-state index in [-0.39, 0.29) is 31.8 Å². The summed E-state index contributed by atoms with van der Waals surface area (Å²) in [5.74, 6) is -0.201. The van der Waals surface area contributed by atoms with Crippen molar-refractivity contribution in [2.75, 3.05) is 53.1 Å². The van der Waals surface area contributed by atoms with Gasteiger partial charge in [-0.25, -0.2) is 5.43 Å². The molecule has 0 aromatic heterocycles. The second-order valence-corrected chi connectivity index (χ2v) is 6.50. The molecule has 1 atom stereocenters. The van der Waals surface area contributed by atoms with Crippen LogP contribution in [0.15, 0.2) is 11.4 Å². The smallest absolute Gasteiger partial charge is 0.246 e. The average Bonchev–Trinajstić information content (AvgIpc) is 2.66. The summed E-state index contributed by atoms with van der Waals surface area (Å²) in [4.78, 5) is 12.0. The lowest BCUT2D eigenvalue weighted by molar-refractivity contribution is -0.127.